The van der Waals surface area contributed by atoms with Gasteiger partial charge in [0.1, 0.15) is 23.7 Å². The van der Waals surface area contributed by atoms with Crippen molar-refractivity contribution in [2.24, 2.45) is 5.11 Å². The van der Waals surface area contributed by atoms with Crippen LogP contribution in [0.3, 0.4) is 0 Å². The van der Waals surface area contributed by atoms with Crippen LogP contribution in [0.15, 0.2) is 114 Å². The van der Waals surface area contributed by atoms with Gasteiger partial charge >= 0.3 is 0 Å². The summed E-state index contributed by atoms with van der Waals surface area (Å²) in [5.41, 5.74) is 11.5. The summed E-state index contributed by atoms with van der Waals surface area (Å²) in [4.78, 5) is 16.0. The molecule has 1 aliphatic rings. The van der Waals surface area contributed by atoms with Crippen LogP contribution in [0, 0.1) is 0 Å². The van der Waals surface area contributed by atoms with Crippen LogP contribution < -0.4 is 19.8 Å². The van der Waals surface area contributed by atoms with Crippen LogP contribution in [-0.2, 0) is 27.4 Å². The Bertz CT molecular complexity index is 1610. The average Bonchev–Trinajstić information content (AvgIpc) is 3.13. The van der Waals surface area contributed by atoms with Gasteiger partial charge in [0.15, 0.2) is 0 Å². The lowest BCUT2D eigenvalue weighted by molar-refractivity contribution is -0.212. The normalized spacial score (nSPS) is 21.1. The Balaban J connectivity index is 1.45. The third kappa shape index (κ3) is 8.34. The first-order valence-electron chi connectivity index (χ1n) is 16.4. The maximum Gasteiger partial charge on any atom is 0.258 e. The van der Waals surface area contributed by atoms with Crippen molar-refractivity contribution in [1.29, 1.82) is 0 Å². The van der Waals surface area contributed by atoms with E-state index in [2.05, 4.69) is 10.0 Å². The summed E-state index contributed by atoms with van der Waals surface area (Å²) in [6, 6.07) is 33.6. The maximum absolute atomic E-state index is 12.9. The smallest absolute Gasteiger partial charge is 0.258 e. The number of nitrogens with zero attached hydrogens (tertiary/aromatic N) is 3. The van der Waals surface area contributed by atoms with E-state index in [1.54, 1.807) is 14.2 Å². The molecule has 1 aliphatic heterocycles. The van der Waals surface area contributed by atoms with Crippen molar-refractivity contribution in [2.75, 3.05) is 20.8 Å². The molecule has 0 saturated carbocycles. The minimum Gasteiger partial charge on any atom is -0.497 e. The van der Waals surface area contributed by atoms with Crippen LogP contribution in [0.2, 0.25) is 5.04 Å². The molecule has 1 saturated heterocycles. The predicted molar refractivity (Wildman–Crippen MR) is 191 cm³/mol. The second-order valence-corrected chi connectivity index (χ2v) is 16.8. The molecule has 0 aromatic heterocycles. The van der Waals surface area contributed by atoms with E-state index in [0.717, 1.165) is 27.2 Å². The van der Waals surface area contributed by atoms with Crippen LogP contribution in [0.5, 0.6) is 11.5 Å². The largest absolute Gasteiger partial charge is 0.497 e. The standard InChI is InChI=1S/C38H45N3O7Si/c1-38(2,49(43,31-11-7-5-8-12-31)32-13-9-6-10-14-32)23-33-35(40-41-39)37(47-25-28-17-21-30(45-4)22-18-28)36(42)34(48-33)26-46-24-27-15-19-29(44-3)20-16-27/h5-22,33-37,42-43H,23-26H2,1-4H3/t33-,34?,35?,36+,37?/m0/s1. The topological polar surface area (TPSA) is 135 Å². The lowest BCUT2D eigenvalue weighted by Gasteiger charge is -2.48. The molecule has 0 aliphatic carbocycles. The van der Waals surface area contributed by atoms with Gasteiger partial charge in [-0.2, -0.15) is 0 Å². The quantitative estimate of drug-likeness (QED) is 0.0728. The van der Waals surface area contributed by atoms with Crippen molar-refractivity contribution >= 4 is 18.7 Å². The first kappa shape index (κ1) is 36.1. The highest BCUT2D eigenvalue weighted by Gasteiger charge is 2.54. The van der Waals surface area contributed by atoms with Crippen LogP contribution in [0.25, 0.3) is 10.4 Å². The van der Waals surface area contributed by atoms with E-state index in [4.69, 9.17) is 23.7 Å². The number of methoxy groups -OCH3 is 2. The molecule has 3 unspecified atom stereocenters. The van der Waals surface area contributed by atoms with Crippen molar-refractivity contribution in [2.45, 2.75) is 69.0 Å². The minimum absolute atomic E-state index is 0.0641. The van der Waals surface area contributed by atoms with Crippen molar-refractivity contribution < 1.29 is 33.6 Å². The zero-order chi connectivity index (χ0) is 34.9. The van der Waals surface area contributed by atoms with Gasteiger partial charge in [0.2, 0.25) is 0 Å². The van der Waals surface area contributed by atoms with Crippen LogP contribution in [-0.4, -0.2) is 69.5 Å². The average molecular weight is 684 g/mol. The molecule has 258 valence electrons. The molecular weight excluding hydrogens is 639 g/mol. The summed E-state index contributed by atoms with van der Waals surface area (Å²) in [5, 5.41) is 16.8. The molecule has 5 atom stereocenters. The summed E-state index contributed by atoms with van der Waals surface area (Å²) in [6.07, 6.45) is -3.27. The lowest BCUT2D eigenvalue weighted by Crippen LogP contribution is -2.67. The SMILES string of the molecule is COc1ccc(COCC2O[C@@H](CC(C)(C)[Si](O)(c3ccccc3)c3ccccc3)C(N=[N+]=[N-])C(OCc3ccc(OC)cc3)[C@@H]2O)cc1. The van der Waals surface area contributed by atoms with Crippen LogP contribution in [0.1, 0.15) is 31.4 Å². The first-order valence-corrected chi connectivity index (χ1v) is 18.3. The molecule has 10 nitrogen and oxygen atoms in total. The highest BCUT2D eigenvalue weighted by molar-refractivity contribution is 6.98. The molecule has 0 amide bonds. The summed E-state index contributed by atoms with van der Waals surface area (Å²) < 4.78 is 29.6. The Hall–Kier alpha value is -4.19. The van der Waals surface area contributed by atoms with E-state index in [9.17, 15) is 15.4 Å². The second kappa shape index (κ2) is 16.5. The predicted octanol–water partition coefficient (Wildman–Crippen LogP) is 5.54. The Kier molecular flexibility index (Phi) is 12.1. The zero-order valence-corrected chi connectivity index (χ0v) is 29.4. The molecule has 0 radical (unpaired) electrons. The number of azide groups is 1. The van der Waals surface area contributed by atoms with Gasteiger partial charge in [-0.15, -0.1) is 0 Å². The fourth-order valence-electron chi connectivity index (χ4n) is 6.60. The summed E-state index contributed by atoms with van der Waals surface area (Å²) in [7, 11) is -0.236. The molecule has 1 fully saturated rings. The monoisotopic (exact) mass is 683 g/mol. The van der Waals surface area contributed by atoms with E-state index in [-0.39, 0.29) is 13.2 Å². The Morgan fingerprint density at radius 3 is 1.78 bits per heavy atom. The van der Waals surface area contributed by atoms with Crippen LogP contribution >= 0.6 is 0 Å². The first-order chi connectivity index (χ1) is 23.7. The van der Waals surface area contributed by atoms with Gasteiger partial charge < -0.3 is 33.6 Å². The molecule has 0 bridgehead atoms. The summed E-state index contributed by atoms with van der Waals surface area (Å²) in [5.74, 6) is 1.46. The third-order valence-corrected chi connectivity index (χ3v) is 13.9. The lowest BCUT2D eigenvalue weighted by atomic mass is 9.88. The number of ether oxygens (including phenoxy) is 5. The molecule has 11 heteroatoms. The van der Waals surface area contributed by atoms with E-state index in [1.165, 1.54) is 0 Å². The Labute approximate surface area is 289 Å². The molecule has 4 aromatic rings. The van der Waals surface area contributed by atoms with Gasteiger partial charge in [0.05, 0.1) is 52.3 Å². The van der Waals surface area contributed by atoms with Gasteiger partial charge in [0.25, 0.3) is 8.32 Å². The summed E-state index contributed by atoms with van der Waals surface area (Å²) >= 11 is 0. The van der Waals surface area contributed by atoms with Gasteiger partial charge in [-0.1, -0.05) is 104 Å². The molecular formula is C38H45N3O7Si. The molecule has 1 heterocycles. The molecule has 2 N–H and O–H groups in total. The number of benzene rings is 4. The molecule has 4 aromatic carbocycles. The number of hydrogen-bond donors (Lipinski definition) is 2. The summed E-state index contributed by atoms with van der Waals surface area (Å²) in [6.45, 7) is 4.57. The van der Waals surface area contributed by atoms with Gasteiger partial charge in [-0.3, -0.25) is 0 Å². The third-order valence-electron chi connectivity index (χ3n) is 9.36. The highest BCUT2D eigenvalue weighted by Crippen LogP contribution is 2.43. The zero-order valence-electron chi connectivity index (χ0n) is 28.4. The fourth-order valence-corrected chi connectivity index (χ4v) is 10.3. The van der Waals surface area contributed by atoms with E-state index < -0.39 is 43.8 Å². The van der Waals surface area contributed by atoms with Crippen molar-refractivity contribution in [3.05, 3.63) is 131 Å². The minimum atomic E-state index is -3.46. The van der Waals surface area contributed by atoms with Gasteiger partial charge in [-0.25, -0.2) is 0 Å². The highest BCUT2D eigenvalue weighted by atomic mass is 28.4. The van der Waals surface area contributed by atoms with E-state index in [0.29, 0.717) is 18.8 Å². The van der Waals surface area contributed by atoms with Crippen LogP contribution in [0.4, 0.5) is 0 Å². The number of aliphatic hydroxyl groups is 1. The van der Waals surface area contributed by atoms with E-state index in [1.807, 2.05) is 123 Å². The number of hydrogen-bond acceptors (Lipinski definition) is 8. The Morgan fingerprint density at radius 2 is 1.29 bits per heavy atom. The van der Waals surface area contributed by atoms with Gasteiger partial charge in [-0.05, 0) is 62.8 Å². The molecule has 5 rings (SSSR count). The second-order valence-electron chi connectivity index (χ2n) is 12.9. The van der Waals surface area contributed by atoms with E-state index >= 15 is 0 Å². The number of rotatable bonds is 15. The Morgan fingerprint density at radius 1 is 0.776 bits per heavy atom. The number of aliphatic hydroxyl groups excluding tert-OH is 1. The van der Waals surface area contributed by atoms with Crippen molar-refractivity contribution in [3.63, 3.8) is 0 Å². The maximum atomic E-state index is 12.9. The fraction of sp³-hybridized carbons (Fsp3) is 0.368. The molecule has 0 spiro atoms. The van der Waals surface area contributed by atoms with Crippen molar-refractivity contribution in [3.8, 4) is 11.5 Å². The van der Waals surface area contributed by atoms with Gasteiger partial charge in [0, 0.05) is 4.91 Å². The van der Waals surface area contributed by atoms with Crippen molar-refractivity contribution in [1.82, 2.24) is 0 Å². The molecule has 49 heavy (non-hydrogen) atoms.